The summed E-state index contributed by atoms with van der Waals surface area (Å²) >= 11 is 0. The number of aromatic amines is 1. The second-order valence-electron chi connectivity index (χ2n) is 9.43. The van der Waals surface area contributed by atoms with Crippen LogP contribution in [0.4, 0.5) is 4.79 Å². The summed E-state index contributed by atoms with van der Waals surface area (Å²) in [5.74, 6) is 0. The van der Waals surface area contributed by atoms with Crippen LogP contribution < -0.4 is 11.0 Å². The maximum absolute atomic E-state index is 12.8. The maximum Gasteiger partial charge on any atom is 0.334 e. The third kappa shape index (κ3) is 5.93. The summed E-state index contributed by atoms with van der Waals surface area (Å²) < 4.78 is 1.20. The molecule has 1 fully saturated rings. The average Bonchev–Trinajstić information content (AvgIpc) is 3.26. The van der Waals surface area contributed by atoms with Crippen LogP contribution in [0, 0.1) is 0 Å². The highest BCUT2D eigenvalue weighted by Gasteiger charge is 2.18. The summed E-state index contributed by atoms with van der Waals surface area (Å²) in [6.07, 6.45) is 1.98. The molecule has 0 unspecified atom stereocenters. The van der Waals surface area contributed by atoms with Crippen LogP contribution in [0.3, 0.4) is 0 Å². The number of amides is 1. The Morgan fingerprint density at radius 3 is 1.97 bits per heavy atom. The molecule has 1 amide bonds. The molecule has 1 saturated heterocycles. The van der Waals surface area contributed by atoms with Crippen molar-refractivity contribution in [3.63, 3.8) is 0 Å². The molecule has 0 atom stereocenters. The molecule has 0 bridgehead atoms. The van der Waals surface area contributed by atoms with E-state index < -0.39 is 11.7 Å². The molecular weight excluding hydrogens is 450 g/mol. The van der Waals surface area contributed by atoms with E-state index in [4.69, 9.17) is 0 Å². The van der Waals surface area contributed by atoms with Gasteiger partial charge >= 0.3 is 11.7 Å². The van der Waals surface area contributed by atoms with Crippen LogP contribution in [0.2, 0.25) is 0 Å². The van der Waals surface area contributed by atoms with Crippen molar-refractivity contribution in [3.05, 3.63) is 106 Å². The van der Waals surface area contributed by atoms with Crippen LogP contribution >= 0.6 is 0 Å². The highest BCUT2D eigenvalue weighted by molar-refractivity contribution is 5.89. The number of nitrogens with one attached hydrogen (secondary N) is 2. The van der Waals surface area contributed by atoms with E-state index in [9.17, 15) is 9.59 Å². The first-order chi connectivity index (χ1) is 17.7. The first kappa shape index (κ1) is 24.0. The molecule has 1 aromatic heterocycles. The second-order valence-corrected chi connectivity index (χ2v) is 9.43. The van der Waals surface area contributed by atoms with Crippen LogP contribution in [-0.2, 0) is 19.4 Å². The summed E-state index contributed by atoms with van der Waals surface area (Å²) in [4.78, 5) is 33.2. The molecule has 2 heterocycles. The number of nitrogens with zero attached hydrogens (tertiary/aromatic N) is 3. The Bertz CT molecular complexity index is 1340. The van der Waals surface area contributed by atoms with Crippen LogP contribution in [0.1, 0.15) is 16.7 Å². The van der Waals surface area contributed by atoms with Gasteiger partial charge in [-0.1, -0.05) is 66.7 Å². The van der Waals surface area contributed by atoms with Crippen LogP contribution in [-0.4, -0.2) is 64.7 Å². The molecule has 5 rings (SSSR count). The Morgan fingerprint density at radius 2 is 1.33 bits per heavy atom. The lowest BCUT2D eigenvalue weighted by molar-refractivity contribution is 0.134. The minimum atomic E-state index is -0.418. The summed E-state index contributed by atoms with van der Waals surface area (Å²) in [6, 6.07) is 25.8. The van der Waals surface area contributed by atoms with Gasteiger partial charge in [-0.2, -0.15) is 0 Å². The largest absolute Gasteiger partial charge is 0.334 e. The Hall–Kier alpha value is -3.68. The van der Waals surface area contributed by atoms with Gasteiger partial charge in [0.1, 0.15) is 0 Å². The van der Waals surface area contributed by atoms with Gasteiger partial charge in [0.2, 0.25) is 0 Å². The molecule has 1 aliphatic heterocycles. The van der Waals surface area contributed by atoms with Gasteiger partial charge in [-0.25, -0.2) is 14.2 Å². The lowest BCUT2D eigenvalue weighted by Gasteiger charge is -2.34. The van der Waals surface area contributed by atoms with E-state index in [1.807, 2.05) is 48.5 Å². The van der Waals surface area contributed by atoms with Crippen molar-refractivity contribution in [2.24, 2.45) is 0 Å². The van der Waals surface area contributed by atoms with Gasteiger partial charge in [0.25, 0.3) is 0 Å². The second kappa shape index (κ2) is 11.4. The predicted octanol–water partition coefficient (Wildman–Crippen LogP) is 3.49. The number of piperazine rings is 1. The SMILES string of the molecule is O=C(NCc1ccccc1)n1c(=O)[nH]c2ccc(CCN3CCN(CCc4ccccc4)CC3)cc21. The Morgan fingerprint density at radius 1 is 0.750 bits per heavy atom. The minimum absolute atomic E-state index is 0.371. The predicted molar refractivity (Wildman–Crippen MR) is 143 cm³/mol. The average molecular weight is 484 g/mol. The van der Waals surface area contributed by atoms with E-state index in [2.05, 4.69) is 50.4 Å². The fourth-order valence-electron chi connectivity index (χ4n) is 4.81. The highest BCUT2D eigenvalue weighted by Crippen LogP contribution is 2.15. The highest BCUT2D eigenvalue weighted by atomic mass is 16.2. The molecule has 186 valence electrons. The zero-order valence-electron chi connectivity index (χ0n) is 20.5. The molecule has 2 N–H and O–H groups in total. The number of imidazole rings is 1. The van der Waals surface area contributed by atoms with Crippen LogP contribution in [0.5, 0.6) is 0 Å². The van der Waals surface area contributed by atoms with Gasteiger partial charge in [0.15, 0.2) is 0 Å². The molecule has 0 radical (unpaired) electrons. The minimum Gasteiger partial charge on any atom is -0.333 e. The van der Waals surface area contributed by atoms with E-state index in [0.29, 0.717) is 17.6 Å². The molecule has 0 aliphatic carbocycles. The van der Waals surface area contributed by atoms with Crippen LogP contribution in [0.15, 0.2) is 83.7 Å². The zero-order chi connectivity index (χ0) is 24.7. The van der Waals surface area contributed by atoms with Gasteiger partial charge in [-0.05, 0) is 41.7 Å². The first-order valence-corrected chi connectivity index (χ1v) is 12.7. The van der Waals surface area contributed by atoms with E-state index in [0.717, 1.165) is 63.2 Å². The smallest absolute Gasteiger partial charge is 0.333 e. The fraction of sp³-hybridized carbons (Fsp3) is 0.310. The Kier molecular flexibility index (Phi) is 7.59. The molecule has 1 aliphatic rings. The molecule has 36 heavy (non-hydrogen) atoms. The quantitative estimate of drug-likeness (QED) is 0.402. The number of carbonyl (C=O) groups excluding carboxylic acids is 1. The topological polar surface area (TPSA) is 73.4 Å². The van der Waals surface area contributed by atoms with Gasteiger partial charge in [0, 0.05) is 45.8 Å². The number of fused-ring (bicyclic) bond motifs is 1. The Balaban J connectivity index is 1.15. The van der Waals surface area contributed by atoms with E-state index in [1.165, 1.54) is 10.1 Å². The van der Waals surface area contributed by atoms with Crippen molar-refractivity contribution in [2.75, 3.05) is 39.3 Å². The third-order valence-electron chi connectivity index (χ3n) is 6.98. The van der Waals surface area contributed by atoms with Crippen molar-refractivity contribution in [2.45, 2.75) is 19.4 Å². The van der Waals surface area contributed by atoms with Crippen molar-refractivity contribution in [1.82, 2.24) is 24.7 Å². The molecule has 7 heteroatoms. The molecule has 0 saturated carbocycles. The normalized spacial score (nSPS) is 14.8. The number of hydrogen-bond donors (Lipinski definition) is 2. The van der Waals surface area contributed by atoms with Crippen LogP contribution in [0.25, 0.3) is 11.0 Å². The molecule has 4 aromatic rings. The molecule has 7 nitrogen and oxygen atoms in total. The van der Waals surface area contributed by atoms with Gasteiger partial charge in [-0.15, -0.1) is 0 Å². The Labute approximate surface area is 211 Å². The van der Waals surface area contributed by atoms with Gasteiger partial charge < -0.3 is 20.1 Å². The number of rotatable bonds is 8. The van der Waals surface area contributed by atoms with Gasteiger partial charge in [-0.3, -0.25) is 0 Å². The standard InChI is InChI=1S/C29H33N5O2/c35-28(30-22-25-9-5-2-6-10-25)34-27-21-24(11-12-26(27)31-29(34)36)14-16-33-19-17-32(18-20-33)15-13-23-7-3-1-4-8-23/h1-12,21H,13-20,22H2,(H,30,35)(H,31,36). The maximum atomic E-state index is 12.8. The summed E-state index contributed by atoms with van der Waals surface area (Å²) in [5.41, 5.74) is 4.38. The summed E-state index contributed by atoms with van der Waals surface area (Å²) in [6.45, 7) is 6.74. The van der Waals surface area contributed by atoms with Crippen molar-refractivity contribution in [1.29, 1.82) is 0 Å². The molecular formula is C29H33N5O2. The van der Waals surface area contributed by atoms with E-state index >= 15 is 0 Å². The zero-order valence-corrected chi connectivity index (χ0v) is 20.5. The summed E-state index contributed by atoms with van der Waals surface area (Å²) in [5, 5.41) is 2.85. The lowest BCUT2D eigenvalue weighted by atomic mass is 10.1. The molecule has 3 aromatic carbocycles. The third-order valence-corrected chi connectivity index (χ3v) is 6.98. The van der Waals surface area contributed by atoms with Crippen molar-refractivity contribution in [3.8, 4) is 0 Å². The van der Waals surface area contributed by atoms with Crippen molar-refractivity contribution < 1.29 is 4.79 Å². The van der Waals surface area contributed by atoms with E-state index in [1.54, 1.807) is 0 Å². The van der Waals surface area contributed by atoms with Gasteiger partial charge in [0.05, 0.1) is 11.0 Å². The number of H-pyrrole nitrogens is 1. The molecule has 0 spiro atoms. The number of hydrogen-bond acceptors (Lipinski definition) is 4. The number of carbonyl (C=O) groups is 1. The fourth-order valence-corrected chi connectivity index (χ4v) is 4.81. The van der Waals surface area contributed by atoms with Crippen molar-refractivity contribution >= 4 is 17.1 Å². The first-order valence-electron chi connectivity index (χ1n) is 12.7. The summed E-state index contributed by atoms with van der Waals surface area (Å²) in [7, 11) is 0. The van der Waals surface area contributed by atoms with E-state index in [-0.39, 0.29) is 0 Å². The monoisotopic (exact) mass is 483 g/mol. The number of aromatic nitrogens is 2. The number of benzene rings is 3. The lowest BCUT2D eigenvalue weighted by Crippen LogP contribution is -2.47.